The number of likely N-dealkylation sites (tertiary alicyclic amines) is 1. The SMILES string of the molecule is Cn1cc(C(=O)N2CCC3(CCCCc4ccccc4OCCN(C(=O)c4cnccn4)C3)CC2)c2ccccc21. The molecule has 0 aliphatic carbocycles. The average Bonchev–Trinajstić information content (AvgIpc) is 3.35. The quantitative estimate of drug-likeness (QED) is 0.345. The first-order valence-corrected chi connectivity index (χ1v) is 14.6. The molecule has 6 rings (SSSR count). The molecular weight excluding hydrogens is 514 g/mol. The number of fused-ring (bicyclic) bond motifs is 2. The van der Waals surface area contributed by atoms with Gasteiger partial charge in [0.1, 0.15) is 18.1 Å². The highest BCUT2D eigenvalue weighted by atomic mass is 16.5. The van der Waals surface area contributed by atoms with Crippen LogP contribution in [-0.2, 0) is 13.5 Å². The van der Waals surface area contributed by atoms with Crippen molar-refractivity contribution >= 4 is 22.7 Å². The Morgan fingerprint density at radius 1 is 0.878 bits per heavy atom. The minimum atomic E-state index is -0.124. The van der Waals surface area contributed by atoms with Crippen LogP contribution >= 0.6 is 0 Å². The molecule has 212 valence electrons. The third-order valence-corrected chi connectivity index (χ3v) is 8.83. The van der Waals surface area contributed by atoms with Crippen LogP contribution in [0.3, 0.4) is 0 Å². The second-order valence-corrected chi connectivity index (χ2v) is 11.4. The number of rotatable bonds is 2. The van der Waals surface area contributed by atoms with Crippen LogP contribution < -0.4 is 4.74 Å². The Labute approximate surface area is 241 Å². The fraction of sp³-hybridized carbons (Fsp3) is 0.394. The standard InChI is InChI=1S/C33H37N5O3/c1-36-23-27(26-10-3-4-11-29(26)36)31(39)37-18-14-33(15-19-37)13-7-6-9-25-8-2-5-12-30(25)41-21-20-38(24-33)32(40)28-22-34-16-17-35-28/h2-5,8,10-12,16-17,22-23H,6-7,9,13-15,18-21,24H2,1H3. The Hall–Kier alpha value is -4.20. The molecule has 8 heteroatoms. The molecule has 4 heterocycles. The van der Waals surface area contributed by atoms with Gasteiger partial charge in [-0.25, -0.2) is 4.98 Å². The van der Waals surface area contributed by atoms with Gasteiger partial charge in [-0.15, -0.1) is 0 Å². The van der Waals surface area contributed by atoms with E-state index in [-0.39, 0.29) is 17.2 Å². The number of hydrogen-bond donors (Lipinski definition) is 0. The summed E-state index contributed by atoms with van der Waals surface area (Å²) in [5.74, 6) is 0.859. The maximum Gasteiger partial charge on any atom is 0.274 e. The zero-order valence-corrected chi connectivity index (χ0v) is 23.7. The molecule has 2 aromatic heterocycles. The van der Waals surface area contributed by atoms with E-state index in [1.807, 2.05) is 64.0 Å². The summed E-state index contributed by atoms with van der Waals surface area (Å²) in [6, 6.07) is 16.3. The van der Waals surface area contributed by atoms with E-state index in [0.717, 1.165) is 60.7 Å². The molecule has 0 unspecified atom stereocenters. The Kier molecular flexibility index (Phi) is 7.72. The van der Waals surface area contributed by atoms with Crippen molar-refractivity contribution in [3.05, 3.63) is 90.1 Å². The highest BCUT2D eigenvalue weighted by Crippen LogP contribution is 2.39. The van der Waals surface area contributed by atoms with Crippen molar-refractivity contribution in [3.8, 4) is 5.75 Å². The molecule has 2 amide bonds. The molecule has 8 nitrogen and oxygen atoms in total. The molecule has 2 aliphatic rings. The first-order valence-electron chi connectivity index (χ1n) is 14.6. The number of carbonyl (C=O) groups excluding carboxylic acids is 2. The van der Waals surface area contributed by atoms with Crippen molar-refractivity contribution in [2.24, 2.45) is 12.5 Å². The number of para-hydroxylation sites is 2. The molecule has 0 saturated carbocycles. The van der Waals surface area contributed by atoms with E-state index in [1.165, 1.54) is 11.8 Å². The van der Waals surface area contributed by atoms with Crippen molar-refractivity contribution < 1.29 is 14.3 Å². The molecule has 1 fully saturated rings. The van der Waals surface area contributed by atoms with Crippen LogP contribution in [0.4, 0.5) is 0 Å². The van der Waals surface area contributed by atoms with Gasteiger partial charge < -0.3 is 19.1 Å². The lowest BCUT2D eigenvalue weighted by Crippen LogP contribution is -2.50. The van der Waals surface area contributed by atoms with E-state index in [9.17, 15) is 9.59 Å². The van der Waals surface area contributed by atoms with Gasteiger partial charge in [-0.2, -0.15) is 0 Å². The van der Waals surface area contributed by atoms with Crippen LogP contribution in [-0.4, -0.2) is 68.9 Å². The minimum Gasteiger partial charge on any atom is -0.491 e. The largest absolute Gasteiger partial charge is 0.491 e. The first kappa shape index (κ1) is 27.0. The summed E-state index contributed by atoms with van der Waals surface area (Å²) in [7, 11) is 1.99. The Morgan fingerprint density at radius 2 is 1.68 bits per heavy atom. The van der Waals surface area contributed by atoms with Gasteiger partial charge in [-0.05, 0) is 55.2 Å². The number of carbonyl (C=O) groups is 2. The molecule has 1 spiro atoms. The molecule has 0 radical (unpaired) electrons. The van der Waals surface area contributed by atoms with Crippen LogP contribution in [0.2, 0.25) is 0 Å². The number of aryl methyl sites for hydroxylation is 2. The number of ether oxygens (including phenoxy) is 1. The molecule has 0 atom stereocenters. The topological polar surface area (TPSA) is 80.6 Å². The summed E-state index contributed by atoms with van der Waals surface area (Å²) in [6.45, 7) is 2.84. The van der Waals surface area contributed by atoms with E-state index in [1.54, 1.807) is 12.4 Å². The van der Waals surface area contributed by atoms with E-state index >= 15 is 0 Å². The number of aromatic nitrogens is 3. The number of piperidine rings is 1. The van der Waals surface area contributed by atoms with Gasteiger partial charge in [0.05, 0.1) is 18.3 Å². The molecule has 2 aromatic carbocycles. The predicted octanol–water partition coefficient (Wildman–Crippen LogP) is 5.14. The lowest BCUT2D eigenvalue weighted by Gasteiger charge is -2.45. The maximum absolute atomic E-state index is 13.7. The summed E-state index contributed by atoms with van der Waals surface area (Å²) >= 11 is 0. The number of nitrogens with zero attached hydrogens (tertiary/aromatic N) is 5. The zero-order valence-electron chi connectivity index (χ0n) is 23.7. The van der Waals surface area contributed by atoms with E-state index in [2.05, 4.69) is 22.1 Å². The Morgan fingerprint density at radius 3 is 2.51 bits per heavy atom. The van der Waals surface area contributed by atoms with Crippen LogP contribution in [0.15, 0.2) is 73.3 Å². The Balaban J connectivity index is 1.23. The van der Waals surface area contributed by atoms with Crippen LogP contribution in [0.1, 0.15) is 58.5 Å². The molecule has 2 aliphatic heterocycles. The summed E-state index contributed by atoms with van der Waals surface area (Å²) in [4.78, 5) is 39.7. The van der Waals surface area contributed by atoms with Crippen molar-refractivity contribution in [1.29, 1.82) is 0 Å². The third kappa shape index (κ3) is 5.69. The van der Waals surface area contributed by atoms with Gasteiger partial charge in [-0.3, -0.25) is 14.6 Å². The van der Waals surface area contributed by atoms with E-state index in [4.69, 9.17) is 4.74 Å². The molecule has 4 aromatic rings. The molecular formula is C33H37N5O3. The molecule has 0 N–H and O–H groups in total. The lowest BCUT2D eigenvalue weighted by atomic mass is 9.73. The van der Waals surface area contributed by atoms with Gasteiger partial charge in [0.2, 0.25) is 0 Å². The fourth-order valence-electron chi connectivity index (χ4n) is 6.52. The van der Waals surface area contributed by atoms with E-state index < -0.39 is 0 Å². The number of benzene rings is 2. The molecule has 0 bridgehead atoms. The second kappa shape index (κ2) is 11.7. The second-order valence-electron chi connectivity index (χ2n) is 11.4. The average molecular weight is 552 g/mol. The highest BCUT2D eigenvalue weighted by Gasteiger charge is 2.39. The molecule has 1 saturated heterocycles. The number of amides is 2. The van der Waals surface area contributed by atoms with Gasteiger partial charge >= 0.3 is 0 Å². The van der Waals surface area contributed by atoms with Gasteiger partial charge in [-0.1, -0.05) is 42.8 Å². The van der Waals surface area contributed by atoms with Crippen molar-refractivity contribution in [2.45, 2.75) is 38.5 Å². The van der Waals surface area contributed by atoms with Crippen LogP contribution in [0.5, 0.6) is 5.75 Å². The third-order valence-electron chi connectivity index (χ3n) is 8.83. The minimum absolute atomic E-state index is 0.0773. The van der Waals surface area contributed by atoms with Crippen molar-refractivity contribution in [2.75, 3.05) is 32.8 Å². The van der Waals surface area contributed by atoms with Gasteiger partial charge in [0.15, 0.2) is 0 Å². The molecule has 41 heavy (non-hydrogen) atoms. The van der Waals surface area contributed by atoms with Gasteiger partial charge in [0, 0.05) is 56.2 Å². The van der Waals surface area contributed by atoms with Gasteiger partial charge in [0.25, 0.3) is 11.8 Å². The number of hydrogen-bond acceptors (Lipinski definition) is 5. The highest BCUT2D eigenvalue weighted by molar-refractivity contribution is 6.07. The normalized spacial score (nSPS) is 17.8. The lowest BCUT2D eigenvalue weighted by molar-refractivity contribution is 0.0326. The Bertz CT molecular complexity index is 1520. The smallest absolute Gasteiger partial charge is 0.274 e. The zero-order chi connectivity index (χ0) is 28.2. The van der Waals surface area contributed by atoms with Crippen LogP contribution in [0, 0.1) is 5.41 Å². The maximum atomic E-state index is 13.7. The summed E-state index contributed by atoms with van der Waals surface area (Å²) in [5.41, 5.74) is 3.30. The fourth-order valence-corrected chi connectivity index (χ4v) is 6.52. The summed E-state index contributed by atoms with van der Waals surface area (Å²) in [5, 5.41) is 0.993. The summed E-state index contributed by atoms with van der Waals surface area (Å²) in [6.07, 6.45) is 12.4. The van der Waals surface area contributed by atoms with Crippen LogP contribution in [0.25, 0.3) is 10.9 Å². The van der Waals surface area contributed by atoms with Crippen molar-refractivity contribution in [1.82, 2.24) is 24.3 Å². The predicted molar refractivity (Wildman–Crippen MR) is 158 cm³/mol. The van der Waals surface area contributed by atoms with E-state index in [0.29, 0.717) is 38.5 Å². The summed E-state index contributed by atoms with van der Waals surface area (Å²) < 4.78 is 8.23. The van der Waals surface area contributed by atoms with Crippen molar-refractivity contribution in [3.63, 3.8) is 0 Å². The first-order chi connectivity index (χ1) is 20.0. The monoisotopic (exact) mass is 551 g/mol.